The lowest BCUT2D eigenvalue weighted by atomic mass is 9.96. The summed E-state index contributed by atoms with van der Waals surface area (Å²) in [5.41, 5.74) is 6.42. The van der Waals surface area contributed by atoms with E-state index in [1.807, 2.05) is 44.2 Å². The van der Waals surface area contributed by atoms with E-state index in [2.05, 4.69) is 16.0 Å². The third-order valence-electron chi connectivity index (χ3n) is 5.35. The molecule has 3 amide bonds. The Morgan fingerprint density at radius 2 is 1.44 bits per heavy atom. The van der Waals surface area contributed by atoms with Crippen molar-refractivity contribution < 1.29 is 24.3 Å². The van der Waals surface area contributed by atoms with Gasteiger partial charge in [0.1, 0.15) is 18.1 Å². The molecular formula is C23H36N4O5. The predicted molar refractivity (Wildman–Crippen MR) is 122 cm³/mol. The van der Waals surface area contributed by atoms with Crippen molar-refractivity contribution >= 4 is 23.7 Å². The minimum Gasteiger partial charge on any atom is -0.480 e. The second-order valence-electron chi connectivity index (χ2n) is 8.48. The number of carbonyl (C=O) groups excluding carboxylic acids is 3. The van der Waals surface area contributed by atoms with E-state index in [-0.39, 0.29) is 18.3 Å². The number of aliphatic carboxylic acids is 1. The molecule has 1 aromatic carbocycles. The number of hydrogen-bond acceptors (Lipinski definition) is 5. The van der Waals surface area contributed by atoms with Crippen LogP contribution in [0.3, 0.4) is 0 Å². The summed E-state index contributed by atoms with van der Waals surface area (Å²) in [5.74, 6) is -3.31. The Labute approximate surface area is 189 Å². The molecule has 9 heteroatoms. The van der Waals surface area contributed by atoms with E-state index < -0.39 is 47.9 Å². The van der Waals surface area contributed by atoms with E-state index in [1.165, 1.54) is 6.92 Å². The van der Waals surface area contributed by atoms with Crippen molar-refractivity contribution in [3.63, 3.8) is 0 Å². The molecule has 0 radical (unpaired) electrons. The number of carbonyl (C=O) groups is 4. The zero-order valence-corrected chi connectivity index (χ0v) is 19.4. The Morgan fingerprint density at radius 1 is 0.875 bits per heavy atom. The van der Waals surface area contributed by atoms with Gasteiger partial charge in [-0.1, -0.05) is 64.4 Å². The molecule has 9 nitrogen and oxygen atoms in total. The van der Waals surface area contributed by atoms with Gasteiger partial charge in [0.2, 0.25) is 17.7 Å². The fraction of sp³-hybridized carbons (Fsp3) is 0.565. The van der Waals surface area contributed by atoms with Crippen LogP contribution in [0.25, 0.3) is 0 Å². The van der Waals surface area contributed by atoms with Crippen LogP contribution in [-0.4, -0.2) is 53.0 Å². The highest BCUT2D eigenvalue weighted by atomic mass is 16.4. The Bertz CT molecular complexity index is 782. The van der Waals surface area contributed by atoms with Gasteiger partial charge in [-0.3, -0.25) is 14.4 Å². The molecule has 0 fully saturated rings. The molecule has 0 spiro atoms. The maximum absolute atomic E-state index is 13.1. The summed E-state index contributed by atoms with van der Waals surface area (Å²) in [5, 5.41) is 17.3. The first-order valence-electron chi connectivity index (χ1n) is 10.9. The van der Waals surface area contributed by atoms with Crippen molar-refractivity contribution in [3.8, 4) is 0 Å². The lowest BCUT2D eigenvalue weighted by Gasteiger charge is -2.28. The van der Waals surface area contributed by atoms with Gasteiger partial charge in [-0.25, -0.2) is 4.79 Å². The number of rotatable bonds is 12. The number of nitrogens with one attached hydrogen (secondary N) is 3. The van der Waals surface area contributed by atoms with Crippen molar-refractivity contribution in [1.82, 2.24) is 16.0 Å². The average molecular weight is 449 g/mol. The van der Waals surface area contributed by atoms with E-state index >= 15 is 0 Å². The summed E-state index contributed by atoms with van der Waals surface area (Å²) in [4.78, 5) is 49.8. The predicted octanol–water partition coefficient (Wildman–Crippen LogP) is 0.817. The van der Waals surface area contributed by atoms with Gasteiger partial charge in [0.05, 0.1) is 6.04 Å². The molecule has 0 aliphatic carbocycles. The standard InChI is InChI=1S/C23H36N4O5/c1-6-14(4)19(27-20(28)15(5)24)22(30)25-17(12-16-10-8-7-9-11-16)21(29)26-18(13(2)3)23(31)32/h7-11,13-15,17-19H,6,12,24H2,1-5H3,(H,25,30)(H,26,29)(H,27,28)(H,31,32). The SMILES string of the molecule is CCC(C)C(NC(=O)C(C)N)C(=O)NC(Cc1ccccc1)C(=O)NC(C(=O)O)C(C)C. The summed E-state index contributed by atoms with van der Waals surface area (Å²) in [6, 6.07) is 5.28. The minimum atomic E-state index is -1.15. The zero-order valence-electron chi connectivity index (χ0n) is 19.4. The molecule has 0 bridgehead atoms. The molecule has 1 aromatic rings. The molecule has 5 unspecified atom stereocenters. The first-order chi connectivity index (χ1) is 15.0. The second-order valence-corrected chi connectivity index (χ2v) is 8.48. The number of carboxylic acids is 1. The van der Waals surface area contributed by atoms with Gasteiger partial charge in [0, 0.05) is 6.42 Å². The highest BCUT2D eigenvalue weighted by Gasteiger charge is 2.32. The second kappa shape index (κ2) is 12.8. The monoisotopic (exact) mass is 448 g/mol. The van der Waals surface area contributed by atoms with Gasteiger partial charge in [-0.05, 0) is 24.3 Å². The molecule has 0 aromatic heterocycles. The van der Waals surface area contributed by atoms with Crippen LogP contribution in [0.1, 0.15) is 46.6 Å². The number of nitrogens with two attached hydrogens (primary N) is 1. The molecule has 0 saturated carbocycles. The molecule has 32 heavy (non-hydrogen) atoms. The summed E-state index contributed by atoms with van der Waals surface area (Å²) in [6.45, 7) is 8.59. The Kier molecular flexibility index (Phi) is 10.8. The van der Waals surface area contributed by atoms with Gasteiger partial charge in [0.15, 0.2) is 0 Å². The average Bonchev–Trinajstić information content (AvgIpc) is 2.74. The van der Waals surface area contributed by atoms with Gasteiger partial charge in [0.25, 0.3) is 0 Å². The molecule has 0 saturated heterocycles. The fourth-order valence-electron chi connectivity index (χ4n) is 3.07. The van der Waals surface area contributed by atoms with Crippen LogP contribution < -0.4 is 21.7 Å². The third-order valence-corrected chi connectivity index (χ3v) is 5.35. The highest BCUT2D eigenvalue weighted by Crippen LogP contribution is 2.11. The maximum atomic E-state index is 13.1. The summed E-state index contributed by atoms with van der Waals surface area (Å²) in [6.07, 6.45) is 0.776. The number of carboxylic acid groups (broad SMARTS) is 1. The molecule has 0 aliphatic rings. The number of hydrogen-bond donors (Lipinski definition) is 5. The Morgan fingerprint density at radius 3 is 1.91 bits per heavy atom. The van der Waals surface area contributed by atoms with Crippen LogP contribution in [0.5, 0.6) is 0 Å². The summed E-state index contributed by atoms with van der Waals surface area (Å²) in [7, 11) is 0. The lowest BCUT2D eigenvalue weighted by Crippen LogP contribution is -2.59. The van der Waals surface area contributed by atoms with Crippen molar-refractivity contribution in [2.75, 3.05) is 0 Å². The fourth-order valence-corrected chi connectivity index (χ4v) is 3.07. The van der Waals surface area contributed by atoms with Crippen molar-refractivity contribution in [1.29, 1.82) is 0 Å². The summed E-state index contributed by atoms with van der Waals surface area (Å²) >= 11 is 0. The smallest absolute Gasteiger partial charge is 0.326 e. The van der Waals surface area contributed by atoms with Crippen LogP contribution in [0.4, 0.5) is 0 Å². The molecular weight excluding hydrogens is 412 g/mol. The molecule has 6 N–H and O–H groups in total. The van der Waals surface area contributed by atoms with Gasteiger partial charge in [-0.15, -0.1) is 0 Å². The van der Waals surface area contributed by atoms with Crippen LogP contribution >= 0.6 is 0 Å². The first kappa shape index (κ1) is 27.1. The quantitative estimate of drug-likeness (QED) is 0.319. The number of benzene rings is 1. The molecule has 178 valence electrons. The normalized spacial score (nSPS) is 15.7. The Hall–Kier alpha value is -2.94. The van der Waals surface area contributed by atoms with Crippen LogP contribution in [-0.2, 0) is 25.6 Å². The van der Waals surface area contributed by atoms with Crippen LogP contribution in [0.2, 0.25) is 0 Å². The van der Waals surface area contributed by atoms with Crippen molar-refractivity contribution in [2.24, 2.45) is 17.6 Å². The zero-order chi connectivity index (χ0) is 24.4. The minimum absolute atomic E-state index is 0.164. The topological polar surface area (TPSA) is 151 Å². The third kappa shape index (κ3) is 8.30. The van der Waals surface area contributed by atoms with Crippen molar-refractivity contribution in [3.05, 3.63) is 35.9 Å². The van der Waals surface area contributed by atoms with Crippen LogP contribution in [0, 0.1) is 11.8 Å². The van der Waals surface area contributed by atoms with E-state index in [0.29, 0.717) is 6.42 Å². The largest absolute Gasteiger partial charge is 0.480 e. The molecule has 0 aliphatic heterocycles. The molecule has 1 rings (SSSR count). The highest BCUT2D eigenvalue weighted by molar-refractivity contribution is 5.94. The van der Waals surface area contributed by atoms with E-state index in [1.54, 1.807) is 13.8 Å². The summed E-state index contributed by atoms with van der Waals surface area (Å²) < 4.78 is 0. The van der Waals surface area contributed by atoms with E-state index in [4.69, 9.17) is 5.73 Å². The lowest BCUT2D eigenvalue weighted by molar-refractivity contribution is -0.143. The molecule has 5 atom stereocenters. The first-order valence-corrected chi connectivity index (χ1v) is 10.9. The van der Waals surface area contributed by atoms with Gasteiger partial charge >= 0.3 is 5.97 Å². The number of amides is 3. The van der Waals surface area contributed by atoms with Crippen LogP contribution in [0.15, 0.2) is 30.3 Å². The molecule has 0 heterocycles. The van der Waals surface area contributed by atoms with Crippen molar-refractivity contribution in [2.45, 2.75) is 71.6 Å². The van der Waals surface area contributed by atoms with E-state index in [9.17, 15) is 24.3 Å². The van der Waals surface area contributed by atoms with Gasteiger partial charge < -0.3 is 26.8 Å². The Balaban J connectivity index is 3.13. The van der Waals surface area contributed by atoms with Gasteiger partial charge in [-0.2, -0.15) is 0 Å². The maximum Gasteiger partial charge on any atom is 0.326 e. The van der Waals surface area contributed by atoms with E-state index in [0.717, 1.165) is 5.56 Å².